The Kier molecular flexibility index (Phi) is 6.31. The zero-order valence-electron chi connectivity index (χ0n) is 20.1. The number of nitrogens with one attached hydrogen (secondary N) is 2. The molecule has 0 aromatic heterocycles. The molecule has 6 nitrogen and oxygen atoms in total. The Labute approximate surface area is 209 Å². The molecule has 3 aromatic carbocycles. The SMILES string of the molecule is Cc1ccc(F)cc1C(=O)Nc1ccc(C(=O)N2CCC3(CCCC(=O)N3)Cc3ccccc32)cc1. The fourth-order valence-corrected chi connectivity index (χ4v) is 5.25. The highest BCUT2D eigenvalue weighted by Crippen LogP contribution is 2.36. The molecule has 2 aliphatic rings. The molecular formula is C29H28FN3O3. The van der Waals surface area contributed by atoms with Crippen molar-refractivity contribution in [1.82, 2.24) is 5.32 Å². The molecule has 3 aromatic rings. The zero-order valence-corrected chi connectivity index (χ0v) is 20.1. The van der Waals surface area contributed by atoms with E-state index >= 15 is 0 Å². The number of anilines is 2. The predicted octanol–water partition coefficient (Wildman–Crippen LogP) is 5.02. The molecular weight excluding hydrogens is 457 g/mol. The van der Waals surface area contributed by atoms with Gasteiger partial charge in [0.1, 0.15) is 5.82 Å². The lowest BCUT2D eigenvalue weighted by Gasteiger charge is -2.37. The summed E-state index contributed by atoms with van der Waals surface area (Å²) in [5.74, 6) is -0.948. The van der Waals surface area contributed by atoms with Crippen molar-refractivity contribution in [2.75, 3.05) is 16.8 Å². The number of hydrogen-bond donors (Lipinski definition) is 2. The summed E-state index contributed by atoms with van der Waals surface area (Å²) in [7, 11) is 0. The van der Waals surface area contributed by atoms with Crippen LogP contribution in [0.2, 0.25) is 0 Å². The second-order valence-corrected chi connectivity index (χ2v) is 9.69. The van der Waals surface area contributed by atoms with Crippen LogP contribution in [-0.4, -0.2) is 29.8 Å². The van der Waals surface area contributed by atoms with Crippen LogP contribution in [0.1, 0.15) is 57.5 Å². The number of aryl methyl sites for hydroxylation is 1. The third-order valence-electron chi connectivity index (χ3n) is 7.17. The van der Waals surface area contributed by atoms with Gasteiger partial charge in [-0.05, 0) is 86.2 Å². The molecule has 1 saturated heterocycles. The lowest BCUT2D eigenvalue weighted by molar-refractivity contribution is -0.125. The summed E-state index contributed by atoms with van der Waals surface area (Å²) in [5.41, 5.74) is 3.52. The van der Waals surface area contributed by atoms with Gasteiger partial charge >= 0.3 is 0 Å². The maximum Gasteiger partial charge on any atom is 0.258 e. The van der Waals surface area contributed by atoms with Gasteiger partial charge in [-0.3, -0.25) is 14.4 Å². The molecule has 0 radical (unpaired) electrons. The smallest absolute Gasteiger partial charge is 0.258 e. The van der Waals surface area contributed by atoms with Crippen LogP contribution in [0.3, 0.4) is 0 Å². The molecule has 0 aliphatic carbocycles. The van der Waals surface area contributed by atoms with E-state index in [2.05, 4.69) is 10.6 Å². The van der Waals surface area contributed by atoms with Gasteiger partial charge in [-0.1, -0.05) is 24.3 Å². The first-order valence-electron chi connectivity index (χ1n) is 12.2. The molecule has 2 N–H and O–H groups in total. The Morgan fingerprint density at radius 1 is 1.03 bits per heavy atom. The minimum Gasteiger partial charge on any atom is -0.350 e. The summed E-state index contributed by atoms with van der Waals surface area (Å²) in [6.45, 7) is 2.24. The highest BCUT2D eigenvalue weighted by atomic mass is 19.1. The summed E-state index contributed by atoms with van der Waals surface area (Å²) in [6.07, 6.45) is 3.68. The molecule has 5 rings (SSSR count). The van der Waals surface area contributed by atoms with E-state index < -0.39 is 11.7 Å². The van der Waals surface area contributed by atoms with Gasteiger partial charge in [0.25, 0.3) is 11.8 Å². The lowest BCUT2D eigenvalue weighted by atomic mass is 9.81. The Bertz CT molecular complexity index is 1340. The summed E-state index contributed by atoms with van der Waals surface area (Å²) in [4.78, 5) is 40.2. The van der Waals surface area contributed by atoms with Crippen molar-refractivity contribution >= 4 is 29.1 Å². The fourth-order valence-electron chi connectivity index (χ4n) is 5.25. The number of carbonyl (C=O) groups is 3. The zero-order chi connectivity index (χ0) is 25.3. The third kappa shape index (κ3) is 4.73. The Morgan fingerprint density at radius 3 is 2.58 bits per heavy atom. The van der Waals surface area contributed by atoms with Gasteiger partial charge in [-0.15, -0.1) is 0 Å². The van der Waals surface area contributed by atoms with E-state index in [0.29, 0.717) is 42.6 Å². The summed E-state index contributed by atoms with van der Waals surface area (Å²) < 4.78 is 13.6. The van der Waals surface area contributed by atoms with E-state index in [4.69, 9.17) is 0 Å². The molecule has 1 spiro atoms. The largest absolute Gasteiger partial charge is 0.350 e. The van der Waals surface area contributed by atoms with Crippen LogP contribution < -0.4 is 15.5 Å². The van der Waals surface area contributed by atoms with Crippen molar-refractivity contribution < 1.29 is 18.8 Å². The highest BCUT2D eigenvalue weighted by molar-refractivity contribution is 6.08. The number of carbonyl (C=O) groups excluding carboxylic acids is 3. The average Bonchev–Trinajstić information content (AvgIpc) is 3.02. The standard InChI is InChI=1S/C29H28FN3O3/c1-19-8-11-22(30)17-24(19)27(35)31-23-12-9-20(10-13-23)28(36)33-16-15-29(14-4-7-26(34)32-29)18-21-5-2-3-6-25(21)33/h2-3,5-6,8-13,17H,4,7,14-16,18H2,1H3,(H,31,35)(H,32,34). The van der Waals surface area contributed by atoms with Crippen molar-refractivity contribution in [3.05, 3.63) is 94.8 Å². The van der Waals surface area contributed by atoms with Crippen LogP contribution >= 0.6 is 0 Å². The van der Waals surface area contributed by atoms with Crippen LogP contribution in [0.4, 0.5) is 15.8 Å². The van der Waals surface area contributed by atoms with Crippen LogP contribution in [-0.2, 0) is 11.2 Å². The van der Waals surface area contributed by atoms with E-state index in [1.54, 1.807) is 42.2 Å². The van der Waals surface area contributed by atoms with E-state index in [1.807, 2.05) is 24.3 Å². The average molecular weight is 486 g/mol. The van der Waals surface area contributed by atoms with E-state index in [1.165, 1.54) is 12.1 Å². The number of hydrogen-bond acceptors (Lipinski definition) is 3. The monoisotopic (exact) mass is 485 g/mol. The quantitative estimate of drug-likeness (QED) is 0.547. The molecule has 1 atom stereocenters. The van der Waals surface area contributed by atoms with Crippen LogP contribution in [0.5, 0.6) is 0 Å². The second-order valence-electron chi connectivity index (χ2n) is 9.69. The number of fused-ring (bicyclic) bond motifs is 1. The fraction of sp³-hybridized carbons (Fsp3) is 0.276. The van der Waals surface area contributed by atoms with E-state index in [9.17, 15) is 18.8 Å². The Morgan fingerprint density at radius 2 is 1.81 bits per heavy atom. The maximum atomic E-state index is 13.6. The number of nitrogens with zero attached hydrogens (tertiary/aromatic N) is 1. The lowest BCUT2D eigenvalue weighted by Crippen LogP contribution is -2.53. The normalized spacial score (nSPS) is 19.3. The van der Waals surface area contributed by atoms with Gasteiger partial charge in [-0.2, -0.15) is 0 Å². The van der Waals surface area contributed by atoms with E-state index in [0.717, 1.165) is 24.1 Å². The molecule has 7 heteroatoms. The maximum absolute atomic E-state index is 13.6. The highest BCUT2D eigenvalue weighted by Gasteiger charge is 2.39. The molecule has 2 aliphatic heterocycles. The van der Waals surface area contributed by atoms with Crippen molar-refractivity contribution in [2.24, 2.45) is 0 Å². The number of para-hydroxylation sites is 1. The first kappa shape index (κ1) is 23.7. The Hall–Kier alpha value is -4.00. The first-order valence-corrected chi connectivity index (χ1v) is 12.2. The summed E-state index contributed by atoms with van der Waals surface area (Å²) >= 11 is 0. The second kappa shape index (κ2) is 9.57. The van der Waals surface area contributed by atoms with Crippen molar-refractivity contribution in [1.29, 1.82) is 0 Å². The van der Waals surface area contributed by atoms with Gasteiger partial charge in [0.15, 0.2) is 0 Å². The van der Waals surface area contributed by atoms with Gasteiger partial charge in [0.2, 0.25) is 5.91 Å². The first-order chi connectivity index (χ1) is 17.3. The van der Waals surface area contributed by atoms with E-state index in [-0.39, 0.29) is 22.9 Å². The molecule has 2 heterocycles. The molecule has 0 bridgehead atoms. The number of piperidine rings is 1. The summed E-state index contributed by atoms with van der Waals surface area (Å²) in [6, 6.07) is 18.7. The number of amides is 3. The molecule has 36 heavy (non-hydrogen) atoms. The molecule has 0 saturated carbocycles. The van der Waals surface area contributed by atoms with Crippen LogP contribution in [0, 0.1) is 12.7 Å². The van der Waals surface area contributed by atoms with Gasteiger partial charge in [0.05, 0.1) is 0 Å². The van der Waals surface area contributed by atoms with Crippen LogP contribution in [0.25, 0.3) is 0 Å². The molecule has 1 unspecified atom stereocenters. The minimum atomic E-state index is -0.473. The summed E-state index contributed by atoms with van der Waals surface area (Å²) in [5, 5.41) is 5.99. The molecule has 1 fully saturated rings. The molecule has 184 valence electrons. The topological polar surface area (TPSA) is 78.5 Å². The van der Waals surface area contributed by atoms with Gasteiger partial charge in [0, 0.05) is 41.0 Å². The third-order valence-corrected chi connectivity index (χ3v) is 7.17. The minimum absolute atomic E-state index is 0.0737. The van der Waals surface area contributed by atoms with Crippen LogP contribution in [0.15, 0.2) is 66.7 Å². The van der Waals surface area contributed by atoms with Gasteiger partial charge in [-0.25, -0.2) is 4.39 Å². The molecule has 3 amide bonds. The van der Waals surface area contributed by atoms with Crippen molar-refractivity contribution in [3.8, 4) is 0 Å². The Balaban J connectivity index is 1.35. The predicted molar refractivity (Wildman–Crippen MR) is 137 cm³/mol. The number of rotatable bonds is 3. The van der Waals surface area contributed by atoms with Crippen molar-refractivity contribution in [3.63, 3.8) is 0 Å². The van der Waals surface area contributed by atoms with Crippen molar-refractivity contribution in [2.45, 2.75) is 44.6 Å². The number of halogens is 1. The van der Waals surface area contributed by atoms with Gasteiger partial charge < -0.3 is 15.5 Å². The number of benzene rings is 3.